The van der Waals surface area contributed by atoms with Crippen LogP contribution in [0.25, 0.3) is 0 Å². The molecule has 126 valence electrons. The van der Waals surface area contributed by atoms with Crippen LogP contribution in [0.15, 0.2) is 42.5 Å². The van der Waals surface area contributed by atoms with Crippen LogP contribution in [0.2, 0.25) is 5.02 Å². The molecular weight excluding hydrogens is 331 g/mol. The van der Waals surface area contributed by atoms with E-state index in [2.05, 4.69) is 10.6 Å². The molecule has 0 aliphatic heterocycles. The van der Waals surface area contributed by atoms with Crippen LogP contribution in [-0.4, -0.2) is 18.4 Å². The molecule has 0 unspecified atom stereocenters. The molecule has 4 nitrogen and oxygen atoms in total. The van der Waals surface area contributed by atoms with Crippen molar-refractivity contribution in [1.29, 1.82) is 0 Å². The lowest BCUT2D eigenvalue weighted by Crippen LogP contribution is -2.34. The van der Waals surface area contributed by atoms with E-state index in [1.807, 2.05) is 25.1 Å². The van der Waals surface area contributed by atoms with Gasteiger partial charge in [0.05, 0.1) is 13.0 Å². The lowest BCUT2D eigenvalue weighted by Gasteiger charge is -2.11. The lowest BCUT2D eigenvalue weighted by molar-refractivity contribution is -0.123. The topological polar surface area (TPSA) is 58.2 Å². The fourth-order valence-electron chi connectivity index (χ4n) is 2.25. The smallest absolute Gasteiger partial charge is 0.243 e. The molecule has 0 aromatic heterocycles. The van der Waals surface area contributed by atoms with E-state index >= 15 is 0 Å². The van der Waals surface area contributed by atoms with Gasteiger partial charge in [-0.25, -0.2) is 4.39 Å². The fraction of sp³-hybridized carbons (Fsp3) is 0.222. The van der Waals surface area contributed by atoms with Crippen molar-refractivity contribution >= 4 is 29.1 Å². The zero-order valence-electron chi connectivity index (χ0n) is 13.2. The number of amides is 2. The molecule has 2 rings (SSSR count). The molecule has 2 amide bonds. The van der Waals surface area contributed by atoms with Crippen LogP contribution in [0.3, 0.4) is 0 Å². The first kappa shape index (κ1) is 17.9. The third-order valence-corrected chi connectivity index (χ3v) is 3.87. The number of para-hydroxylation sites is 1. The number of carbonyl (C=O) groups is 2. The van der Waals surface area contributed by atoms with E-state index in [1.54, 1.807) is 6.07 Å². The summed E-state index contributed by atoms with van der Waals surface area (Å²) in [4.78, 5) is 23.8. The molecule has 0 heterocycles. The summed E-state index contributed by atoms with van der Waals surface area (Å²) < 4.78 is 13.6. The van der Waals surface area contributed by atoms with Gasteiger partial charge >= 0.3 is 0 Å². The van der Waals surface area contributed by atoms with Crippen LogP contribution >= 0.6 is 11.6 Å². The predicted molar refractivity (Wildman–Crippen MR) is 92.6 cm³/mol. The summed E-state index contributed by atoms with van der Waals surface area (Å²) in [5, 5.41) is 5.40. The Morgan fingerprint density at radius 2 is 1.83 bits per heavy atom. The van der Waals surface area contributed by atoms with Crippen molar-refractivity contribution in [1.82, 2.24) is 5.32 Å². The van der Waals surface area contributed by atoms with Crippen LogP contribution in [0.4, 0.5) is 10.1 Å². The summed E-state index contributed by atoms with van der Waals surface area (Å²) in [6, 6.07) is 11.7. The Labute approximate surface area is 145 Å². The van der Waals surface area contributed by atoms with Gasteiger partial charge in [-0.3, -0.25) is 9.59 Å². The van der Waals surface area contributed by atoms with Crippen molar-refractivity contribution in [2.24, 2.45) is 0 Å². The van der Waals surface area contributed by atoms with Crippen LogP contribution in [0.1, 0.15) is 18.1 Å². The second kappa shape index (κ2) is 8.45. The number of benzene rings is 2. The highest BCUT2D eigenvalue weighted by atomic mass is 35.5. The van der Waals surface area contributed by atoms with E-state index in [-0.39, 0.29) is 29.5 Å². The zero-order valence-corrected chi connectivity index (χ0v) is 14.0. The largest absolute Gasteiger partial charge is 0.347 e. The van der Waals surface area contributed by atoms with E-state index in [0.717, 1.165) is 17.7 Å². The van der Waals surface area contributed by atoms with Gasteiger partial charge in [0.1, 0.15) is 5.82 Å². The number of carbonyl (C=O) groups excluding carboxylic acids is 2. The average molecular weight is 349 g/mol. The molecule has 24 heavy (non-hydrogen) atoms. The van der Waals surface area contributed by atoms with E-state index in [0.29, 0.717) is 0 Å². The van der Waals surface area contributed by atoms with E-state index < -0.39 is 11.7 Å². The summed E-state index contributed by atoms with van der Waals surface area (Å²) in [5.74, 6) is -1.36. The van der Waals surface area contributed by atoms with Gasteiger partial charge in [-0.2, -0.15) is 0 Å². The molecule has 0 saturated heterocycles. The highest BCUT2D eigenvalue weighted by Gasteiger charge is 2.13. The third kappa shape index (κ3) is 4.80. The number of nitrogens with one attached hydrogen (secondary N) is 2. The highest BCUT2D eigenvalue weighted by molar-refractivity contribution is 6.31. The molecule has 0 spiro atoms. The van der Waals surface area contributed by atoms with Crippen molar-refractivity contribution in [3.63, 3.8) is 0 Å². The number of aryl methyl sites for hydroxylation is 1. The van der Waals surface area contributed by atoms with Gasteiger partial charge in [-0.15, -0.1) is 0 Å². The Bertz CT molecular complexity index is 729. The van der Waals surface area contributed by atoms with Gasteiger partial charge in [-0.1, -0.05) is 42.8 Å². The fourth-order valence-corrected chi connectivity index (χ4v) is 2.48. The number of hydrogen-bond acceptors (Lipinski definition) is 2. The molecular formula is C18H18ClFN2O2. The first-order chi connectivity index (χ1) is 11.5. The molecule has 0 saturated carbocycles. The average Bonchev–Trinajstić information content (AvgIpc) is 2.57. The number of halogens is 2. The van der Waals surface area contributed by atoms with Crippen LogP contribution in [0.5, 0.6) is 0 Å². The SMILES string of the molecule is CCc1ccccc1NC(=O)CNC(=O)Cc1c(F)cccc1Cl. The molecule has 0 aliphatic carbocycles. The summed E-state index contributed by atoms with van der Waals surface area (Å²) in [6.07, 6.45) is 0.568. The third-order valence-electron chi connectivity index (χ3n) is 3.52. The van der Waals surface area contributed by atoms with Crippen LogP contribution < -0.4 is 10.6 Å². The van der Waals surface area contributed by atoms with E-state index in [4.69, 9.17) is 11.6 Å². The van der Waals surface area contributed by atoms with Crippen LogP contribution in [0, 0.1) is 5.82 Å². The minimum atomic E-state index is -0.543. The summed E-state index contributed by atoms with van der Waals surface area (Å²) >= 11 is 5.88. The van der Waals surface area contributed by atoms with Gasteiger partial charge in [0.25, 0.3) is 0 Å². The van der Waals surface area contributed by atoms with Crippen molar-refractivity contribution in [3.8, 4) is 0 Å². The Hall–Kier alpha value is -2.40. The maximum atomic E-state index is 13.6. The van der Waals surface area contributed by atoms with Gasteiger partial charge < -0.3 is 10.6 Å². The molecule has 2 N–H and O–H groups in total. The molecule has 0 bridgehead atoms. The predicted octanol–water partition coefficient (Wildman–Crippen LogP) is 3.34. The Balaban J connectivity index is 1.88. The van der Waals surface area contributed by atoms with Gasteiger partial charge in [0.2, 0.25) is 11.8 Å². The number of anilines is 1. The molecule has 0 aliphatic rings. The molecule has 0 atom stereocenters. The molecule has 0 radical (unpaired) electrons. The number of rotatable bonds is 6. The standard InChI is InChI=1S/C18H18ClFN2O2/c1-2-12-6-3-4-9-16(12)22-18(24)11-21-17(23)10-13-14(19)7-5-8-15(13)20/h3-9H,2,10-11H2,1H3,(H,21,23)(H,22,24). The van der Waals surface area contributed by atoms with Gasteiger partial charge in [0.15, 0.2) is 0 Å². The quantitative estimate of drug-likeness (QED) is 0.841. The first-order valence-corrected chi connectivity index (χ1v) is 7.96. The zero-order chi connectivity index (χ0) is 17.5. The normalized spacial score (nSPS) is 10.3. The highest BCUT2D eigenvalue weighted by Crippen LogP contribution is 2.19. The van der Waals surface area contributed by atoms with Gasteiger partial charge in [0, 0.05) is 16.3 Å². The maximum Gasteiger partial charge on any atom is 0.243 e. The first-order valence-electron chi connectivity index (χ1n) is 7.58. The molecule has 6 heteroatoms. The Morgan fingerprint density at radius 3 is 2.54 bits per heavy atom. The van der Waals surface area contributed by atoms with E-state index in [9.17, 15) is 14.0 Å². The Morgan fingerprint density at radius 1 is 1.08 bits per heavy atom. The monoisotopic (exact) mass is 348 g/mol. The van der Waals surface area contributed by atoms with E-state index in [1.165, 1.54) is 18.2 Å². The number of hydrogen-bond donors (Lipinski definition) is 2. The summed E-state index contributed by atoms with van der Waals surface area (Å²) in [6.45, 7) is 1.80. The van der Waals surface area contributed by atoms with Crippen molar-refractivity contribution < 1.29 is 14.0 Å². The second-order valence-electron chi connectivity index (χ2n) is 5.21. The minimum Gasteiger partial charge on any atom is -0.347 e. The second-order valence-corrected chi connectivity index (χ2v) is 5.62. The van der Waals surface area contributed by atoms with Crippen LogP contribution in [-0.2, 0) is 22.4 Å². The molecule has 0 fully saturated rings. The minimum absolute atomic E-state index is 0.119. The molecule has 2 aromatic rings. The van der Waals surface area contributed by atoms with Crippen molar-refractivity contribution in [2.45, 2.75) is 19.8 Å². The lowest BCUT2D eigenvalue weighted by atomic mass is 10.1. The Kier molecular flexibility index (Phi) is 6.32. The van der Waals surface area contributed by atoms with Crippen molar-refractivity contribution in [3.05, 3.63) is 64.4 Å². The maximum absolute atomic E-state index is 13.6. The van der Waals surface area contributed by atoms with Gasteiger partial charge in [-0.05, 0) is 30.2 Å². The summed E-state index contributed by atoms with van der Waals surface area (Å²) in [5.41, 5.74) is 1.85. The summed E-state index contributed by atoms with van der Waals surface area (Å²) in [7, 11) is 0. The van der Waals surface area contributed by atoms with Crippen molar-refractivity contribution in [2.75, 3.05) is 11.9 Å². The molecule has 2 aromatic carbocycles.